The molecule has 12 nitrogen and oxygen atoms in total. The van der Waals surface area contributed by atoms with Crippen molar-refractivity contribution in [3.8, 4) is 11.8 Å². The lowest BCUT2D eigenvalue weighted by Crippen LogP contribution is -2.44. The summed E-state index contributed by atoms with van der Waals surface area (Å²) in [6.45, 7) is 1.86. The molecule has 0 heterocycles. The van der Waals surface area contributed by atoms with Crippen LogP contribution in [0, 0.1) is 11.8 Å². The molecule has 0 aromatic rings. The zero-order chi connectivity index (χ0) is 18.5. The van der Waals surface area contributed by atoms with E-state index in [4.69, 9.17) is 19.4 Å². The van der Waals surface area contributed by atoms with Crippen LogP contribution in [0.3, 0.4) is 0 Å². The maximum atomic E-state index is 11.5. The largest absolute Gasteiger partial charge is 0.490 e. The average Bonchev–Trinajstić information content (AvgIpc) is 2.31. The van der Waals surface area contributed by atoms with Crippen molar-refractivity contribution >= 4 is 23.5 Å². The molecule has 0 aromatic carbocycles. The maximum Gasteiger partial charge on any atom is 0.490 e. The standard InChI is InChI=1S/C8H17O12P3/c1-4-5-7(9)8(2,17-3)6-18-22(13,14)20-23(15,16)19-21(10,11)12/h7,9H,6H2,1-3H3,(H,13,14)(H,15,16)(H2,10,11,12)/t7-,8+/m0/s1. The highest BCUT2D eigenvalue weighted by Crippen LogP contribution is 2.66. The van der Waals surface area contributed by atoms with Crippen LogP contribution in [0.5, 0.6) is 0 Å². The second-order valence-corrected chi connectivity index (χ2v) is 8.60. The zero-order valence-corrected chi connectivity index (χ0v) is 14.9. The van der Waals surface area contributed by atoms with Gasteiger partial charge in [0.05, 0.1) is 6.61 Å². The first-order valence-electron chi connectivity index (χ1n) is 5.60. The van der Waals surface area contributed by atoms with Gasteiger partial charge in [-0.1, -0.05) is 5.92 Å². The van der Waals surface area contributed by atoms with Crippen molar-refractivity contribution in [3.63, 3.8) is 0 Å². The molecule has 0 aromatic heterocycles. The highest BCUT2D eigenvalue weighted by atomic mass is 31.3. The summed E-state index contributed by atoms with van der Waals surface area (Å²) in [5, 5.41) is 9.73. The molecule has 0 aliphatic rings. The van der Waals surface area contributed by atoms with E-state index in [1.165, 1.54) is 13.8 Å². The lowest BCUT2D eigenvalue weighted by atomic mass is 10.0. The molecular weight excluding hydrogens is 381 g/mol. The lowest BCUT2D eigenvalue weighted by Gasteiger charge is -2.30. The summed E-state index contributed by atoms with van der Waals surface area (Å²) in [6.07, 6.45) is -1.44. The molecule has 0 saturated heterocycles. The molecule has 2 unspecified atom stereocenters. The molecule has 4 atom stereocenters. The molecular formula is C8H17O12P3. The van der Waals surface area contributed by atoms with Crippen molar-refractivity contribution in [3.05, 3.63) is 0 Å². The number of aliphatic hydroxyl groups excluding tert-OH is 1. The van der Waals surface area contributed by atoms with Crippen LogP contribution in [0.1, 0.15) is 13.8 Å². The summed E-state index contributed by atoms with van der Waals surface area (Å²) in [7, 11) is -15.2. The van der Waals surface area contributed by atoms with Gasteiger partial charge in [0.2, 0.25) is 0 Å². The van der Waals surface area contributed by atoms with Crippen LogP contribution in [0.25, 0.3) is 0 Å². The predicted octanol–water partition coefficient (Wildman–Crippen LogP) is 0.119. The van der Waals surface area contributed by atoms with E-state index in [-0.39, 0.29) is 0 Å². The fourth-order valence-corrected chi connectivity index (χ4v) is 4.17. The summed E-state index contributed by atoms with van der Waals surface area (Å²) < 4.78 is 49.5. The first-order valence-corrected chi connectivity index (χ1v) is 10.1. The summed E-state index contributed by atoms with van der Waals surface area (Å²) in [5.74, 6) is 4.69. The Balaban J connectivity index is 4.99. The molecule has 0 amide bonds. The van der Waals surface area contributed by atoms with Crippen molar-refractivity contribution < 1.29 is 56.3 Å². The second kappa shape index (κ2) is 8.32. The smallest absolute Gasteiger partial charge is 0.377 e. The van der Waals surface area contributed by atoms with Crippen molar-refractivity contribution in [2.45, 2.75) is 25.6 Å². The highest BCUT2D eigenvalue weighted by molar-refractivity contribution is 7.66. The van der Waals surface area contributed by atoms with E-state index in [9.17, 15) is 23.7 Å². The van der Waals surface area contributed by atoms with Crippen molar-refractivity contribution in [2.24, 2.45) is 0 Å². The van der Waals surface area contributed by atoms with Gasteiger partial charge in [-0.2, -0.15) is 8.62 Å². The second-order valence-electron chi connectivity index (χ2n) is 4.18. The van der Waals surface area contributed by atoms with E-state index in [1.54, 1.807) is 0 Å². The van der Waals surface area contributed by atoms with E-state index >= 15 is 0 Å². The molecule has 5 N–H and O–H groups in total. The van der Waals surface area contributed by atoms with Crippen LogP contribution >= 0.6 is 23.5 Å². The minimum atomic E-state index is -5.59. The fraction of sp³-hybridized carbons (Fsp3) is 0.750. The molecule has 0 rings (SSSR count). The van der Waals surface area contributed by atoms with Gasteiger partial charge in [0, 0.05) is 7.11 Å². The van der Waals surface area contributed by atoms with Crippen LogP contribution in [0.4, 0.5) is 0 Å². The number of hydrogen-bond donors (Lipinski definition) is 5. The first-order chi connectivity index (χ1) is 10.2. The van der Waals surface area contributed by atoms with Gasteiger partial charge in [0.15, 0.2) is 0 Å². The van der Waals surface area contributed by atoms with Crippen LogP contribution in [-0.4, -0.2) is 50.1 Å². The summed E-state index contributed by atoms with van der Waals surface area (Å²) in [4.78, 5) is 35.0. The van der Waals surface area contributed by atoms with Crippen LogP contribution < -0.4 is 0 Å². The molecule has 136 valence electrons. The van der Waals surface area contributed by atoms with E-state index in [1.807, 2.05) is 0 Å². The number of phosphoric ester groups is 1. The molecule has 0 saturated carbocycles. The summed E-state index contributed by atoms with van der Waals surface area (Å²) in [6, 6.07) is 0. The molecule has 0 aliphatic heterocycles. The monoisotopic (exact) mass is 398 g/mol. The SMILES string of the molecule is CC#C[C@H](O)[C@@](C)(COP(=O)(O)OP(=O)(O)OP(=O)(O)O)OC. The first kappa shape index (κ1) is 22.9. The van der Waals surface area contributed by atoms with Gasteiger partial charge in [0.25, 0.3) is 0 Å². The molecule has 0 fully saturated rings. The molecule has 15 heteroatoms. The van der Waals surface area contributed by atoms with Gasteiger partial charge >= 0.3 is 23.5 Å². The predicted molar refractivity (Wildman–Crippen MR) is 74.7 cm³/mol. The number of hydrogen-bond acceptors (Lipinski definition) is 8. The van der Waals surface area contributed by atoms with Crippen molar-refractivity contribution in [1.29, 1.82) is 0 Å². The molecule has 0 radical (unpaired) electrons. The number of ether oxygens (including phenoxy) is 1. The molecule has 0 bridgehead atoms. The fourth-order valence-electron chi connectivity index (χ4n) is 1.05. The van der Waals surface area contributed by atoms with Gasteiger partial charge in [-0.05, 0) is 13.8 Å². The Morgan fingerprint density at radius 1 is 1.09 bits per heavy atom. The molecule has 0 aliphatic carbocycles. The minimum absolute atomic E-state index is 0.816. The third-order valence-electron chi connectivity index (χ3n) is 2.26. The van der Waals surface area contributed by atoms with Crippen LogP contribution in [0.2, 0.25) is 0 Å². The Morgan fingerprint density at radius 3 is 2.00 bits per heavy atom. The van der Waals surface area contributed by atoms with E-state index in [2.05, 4.69) is 25.0 Å². The summed E-state index contributed by atoms with van der Waals surface area (Å²) in [5.41, 5.74) is -1.60. The minimum Gasteiger partial charge on any atom is -0.377 e. The molecule has 0 spiro atoms. The Morgan fingerprint density at radius 2 is 1.61 bits per heavy atom. The lowest BCUT2D eigenvalue weighted by molar-refractivity contribution is -0.0940. The quantitative estimate of drug-likeness (QED) is 0.261. The highest BCUT2D eigenvalue weighted by Gasteiger charge is 2.43. The Labute approximate surface area is 131 Å². The van der Waals surface area contributed by atoms with Gasteiger partial charge in [-0.3, -0.25) is 4.52 Å². The van der Waals surface area contributed by atoms with Crippen molar-refractivity contribution in [2.75, 3.05) is 13.7 Å². The van der Waals surface area contributed by atoms with E-state index in [0.717, 1.165) is 7.11 Å². The summed E-state index contributed by atoms with van der Waals surface area (Å²) >= 11 is 0. The van der Waals surface area contributed by atoms with Gasteiger partial charge in [0.1, 0.15) is 11.7 Å². The topological polar surface area (TPSA) is 189 Å². The number of aliphatic hydroxyl groups is 1. The van der Waals surface area contributed by atoms with E-state index in [0.29, 0.717) is 0 Å². The zero-order valence-electron chi connectivity index (χ0n) is 12.2. The third-order valence-corrected chi connectivity index (χ3v) is 6.04. The third kappa shape index (κ3) is 9.08. The van der Waals surface area contributed by atoms with Crippen LogP contribution in [-0.2, 0) is 31.6 Å². The number of phosphoric acid groups is 3. The maximum absolute atomic E-state index is 11.5. The van der Waals surface area contributed by atoms with Crippen LogP contribution in [0.15, 0.2) is 0 Å². The van der Waals surface area contributed by atoms with Crippen molar-refractivity contribution in [1.82, 2.24) is 0 Å². The average molecular weight is 398 g/mol. The number of methoxy groups -OCH3 is 1. The number of rotatable bonds is 9. The molecule has 23 heavy (non-hydrogen) atoms. The Bertz CT molecular complexity index is 601. The van der Waals surface area contributed by atoms with Gasteiger partial charge in [-0.15, -0.1) is 5.92 Å². The normalized spacial score (nSPS) is 21.2. The Hall–Kier alpha value is -0.110. The Kier molecular flexibility index (Phi) is 8.28. The van der Waals surface area contributed by atoms with E-state index < -0.39 is 41.8 Å². The van der Waals surface area contributed by atoms with Gasteiger partial charge < -0.3 is 29.4 Å². The van der Waals surface area contributed by atoms with Gasteiger partial charge in [-0.25, -0.2) is 13.7 Å².